The van der Waals surface area contributed by atoms with Crippen LogP contribution in [0.2, 0.25) is 0 Å². The third-order valence-corrected chi connectivity index (χ3v) is 8.37. The standard InChI is InChI=1S/C25H33N9O7S2/c1-11-8-33(32(7)16(11)26)9-12-10-42-20-14(19(36)34(20)15(12)21(37)38)28-18(35)13(17-29-23(27)43-31-17)30-41-25(5,6)22(39)40-24(2,3)4/h8,14,20,26H,9-10H2,1-7H3,(H4,27,28,29,31,35,37,38)/t14-,20-/m1/s1. The molecule has 0 spiro atoms. The lowest BCUT2D eigenvalue weighted by Gasteiger charge is -2.50. The van der Waals surface area contributed by atoms with Gasteiger partial charge in [-0.15, -0.1) is 21.1 Å². The lowest BCUT2D eigenvalue weighted by molar-refractivity contribution is -0.765. The molecule has 2 atom stereocenters. The van der Waals surface area contributed by atoms with E-state index >= 15 is 0 Å². The second-order valence-electron chi connectivity index (χ2n) is 11.4. The van der Waals surface area contributed by atoms with E-state index in [2.05, 4.69) is 19.8 Å². The number of carbonyl (C=O) groups is 4. The van der Waals surface area contributed by atoms with E-state index in [1.807, 2.05) is 6.92 Å². The summed E-state index contributed by atoms with van der Waals surface area (Å²) in [6.07, 6.45) is 1.78. The molecule has 2 amide bonds. The van der Waals surface area contributed by atoms with Crippen molar-refractivity contribution in [3.05, 3.63) is 28.9 Å². The molecule has 5 N–H and O–H groups in total. The van der Waals surface area contributed by atoms with Crippen LogP contribution < -0.4 is 26.6 Å². The van der Waals surface area contributed by atoms with Crippen molar-refractivity contribution in [2.75, 3.05) is 17.2 Å². The minimum atomic E-state index is -1.60. The maximum absolute atomic E-state index is 13.4. The van der Waals surface area contributed by atoms with Gasteiger partial charge in [0.2, 0.25) is 23.3 Å². The summed E-state index contributed by atoms with van der Waals surface area (Å²) in [7, 11) is 1.74. The quantitative estimate of drug-likeness (QED) is 0.0949. The van der Waals surface area contributed by atoms with Crippen LogP contribution in [0.3, 0.4) is 0 Å². The van der Waals surface area contributed by atoms with Crippen molar-refractivity contribution in [2.24, 2.45) is 12.2 Å². The molecule has 0 radical (unpaired) electrons. The number of fused-ring (bicyclic) bond motifs is 1. The summed E-state index contributed by atoms with van der Waals surface area (Å²) in [4.78, 5) is 61.9. The molecule has 2 aliphatic rings. The molecule has 4 rings (SSSR count). The number of carboxylic acid groups (broad SMARTS) is 1. The zero-order valence-corrected chi connectivity index (χ0v) is 26.3. The van der Waals surface area contributed by atoms with E-state index in [9.17, 15) is 24.3 Å². The number of aliphatic carboxylic acids is 1. The molecule has 0 aromatic carbocycles. The normalized spacial score (nSPS) is 19.1. The molecular weight excluding hydrogens is 602 g/mol. The Hall–Kier alpha value is -4.19. The first-order valence-corrected chi connectivity index (χ1v) is 14.8. The number of nitrogens with one attached hydrogen (secondary N) is 1. The summed E-state index contributed by atoms with van der Waals surface area (Å²) in [6.45, 7) is 9.87. The Bertz CT molecular complexity index is 1550. The Balaban J connectivity index is 1.55. The third kappa shape index (κ3) is 6.43. The van der Waals surface area contributed by atoms with Gasteiger partial charge in [-0.25, -0.2) is 4.79 Å². The van der Waals surface area contributed by atoms with Gasteiger partial charge in [0.1, 0.15) is 17.0 Å². The average Bonchev–Trinajstić information content (AvgIpc) is 3.43. The van der Waals surface area contributed by atoms with E-state index in [1.54, 1.807) is 43.4 Å². The second-order valence-corrected chi connectivity index (χ2v) is 13.3. The summed E-state index contributed by atoms with van der Waals surface area (Å²) >= 11 is 2.08. The number of nitrogens with zero attached hydrogens (tertiary/aromatic N) is 6. The molecule has 1 fully saturated rings. The fraction of sp³-hybridized carbons (Fsp3) is 0.520. The zero-order chi connectivity index (χ0) is 32.0. The van der Waals surface area contributed by atoms with Gasteiger partial charge in [-0.3, -0.25) is 14.5 Å². The summed E-state index contributed by atoms with van der Waals surface area (Å²) in [5, 5.41) is 17.9. The van der Waals surface area contributed by atoms with Crippen molar-refractivity contribution in [3.8, 4) is 0 Å². The minimum absolute atomic E-state index is 0.0416. The highest BCUT2D eigenvalue weighted by Crippen LogP contribution is 2.40. The van der Waals surface area contributed by atoms with Crippen molar-refractivity contribution < 1.29 is 38.5 Å². The van der Waals surface area contributed by atoms with Gasteiger partial charge in [0, 0.05) is 22.9 Å². The number of hydrogen-bond donors (Lipinski definition) is 3. The fourth-order valence-electron chi connectivity index (χ4n) is 4.23. The molecule has 16 nitrogen and oxygen atoms in total. The van der Waals surface area contributed by atoms with Gasteiger partial charge < -0.3 is 36.3 Å². The Labute approximate surface area is 255 Å². The highest BCUT2D eigenvalue weighted by atomic mass is 32.2. The van der Waals surface area contributed by atoms with Gasteiger partial charge in [0.15, 0.2) is 17.5 Å². The molecule has 0 aliphatic carbocycles. The topological polar surface area (TPSA) is 224 Å². The van der Waals surface area contributed by atoms with E-state index in [4.69, 9.17) is 21.0 Å². The van der Waals surface area contributed by atoms with Gasteiger partial charge in [0.25, 0.3) is 11.8 Å². The van der Waals surface area contributed by atoms with Crippen LogP contribution in [0, 0.1) is 6.92 Å². The smallest absolute Gasteiger partial charge is 0.353 e. The third-order valence-electron chi connectivity index (χ3n) is 6.48. The number of ether oxygens (including phenoxy) is 1. The van der Waals surface area contributed by atoms with Crippen LogP contribution in [0.5, 0.6) is 0 Å². The molecule has 0 saturated carbocycles. The van der Waals surface area contributed by atoms with Crippen molar-refractivity contribution in [3.63, 3.8) is 0 Å². The lowest BCUT2D eigenvalue weighted by atomic mass is 10.0. The lowest BCUT2D eigenvalue weighted by Crippen LogP contribution is -2.71. The SMILES string of the molecule is Cc1c[n+](CC2=C(C(=O)[O-])N3C(=O)[C@@H](NC(=O)C(=NOC(C)(C)C(=O)OC(C)(C)C)c4nsc(N)n4)[C@H]3SC2)n(C)c1N. The van der Waals surface area contributed by atoms with Crippen molar-refractivity contribution in [1.29, 1.82) is 0 Å². The Kier molecular flexibility index (Phi) is 8.47. The van der Waals surface area contributed by atoms with Gasteiger partial charge >= 0.3 is 5.97 Å². The van der Waals surface area contributed by atoms with Gasteiger partial charge in [-0.1, -0.05) is 5.16 Å². The first-order chi connectivity index (χ1) is 19.9. The summed E-state index contributed by atoms with van der Waals surface area (Å²) < 4.78 is 12.8. The molecular formula is C25H33N9O7S2. The molecule has 0 unspecified atom stereocenters. The number of thioether (sulfide) groups is 1. The number of amides is 2. The van der Waals surface area contributed by atoms with Crippen LogP contribution in [-0.4, -0.2) is 76.8 Å². The van der Waals surface area contributed by atoms with E-state index < -0.39 is 52.1 Å². The van der Waals surface area contributed by atoms with E-state index in [0.29, 0.717) is 11.4 Å². The number of esters is 1. The van der Waals surface area contributed by atoms with Crippen LogP contribution >= 0.6 is 23.3 Å². The second kappa shape index (κ2) is 11.5. The Morgan fingerprint density at radius 1 is 1.26 bits per heavy atom. The summed E-state index contributed by atoms with van der Waals surface area (Å²) in [6, 6.07) is -1.10. The highest BCUT2D eigenvalue weighted by molar-refractivity contribution is 8.00. The van der Waals surface area contributed by atoms with Gasteiger partial charge in [0.05, 0.1) is 24.3 Å². The predicted molar refractivity (Wildman–Crippen MR) is 154 cm³/mol. The van der Waals surface area contributed by atoms with E-state index in [1.165, 1.54) is 25.6 Å². The van der Waals surface area contributed by atoms with Crippen LogP contribution in [0.4, 0.5) is 10.9 Å². The molecule has 2 aromatic rings. The van der Waals surface area contributed by atoms with E-state index in [-0.39, 0.29) is 29.0 Å². The highest BCUT2D eigenvalue weighted by Gasteiger charge is 2.53. The first kappa shape index (κ1) is 31.7. The van der Waals surface area contributed by atoms with Crippen molar-refractivity contribution >= 4 is 63.7 Å². The predicted octanol–water partition coefficient (Wildman–Crippen LogP) is -1.42. The molecule has 43 heavy (non-hydrogen) atoms. The summed E-state index contributed by atoms with van der Waals surface area (Å²) in [5.74, 6) is -3.22. The largest absolute Gasteiger partial charge is 0.543 e. The maximum Gasteiger partial charge on any atom is 0.353 e. The maximum atomic E-state index is 13.4. The number of nitrogens with two attached hydrogens (primary N) is 2. The number of nitrogen functional groups attached to an aromatic ring is 2. The number of hydrogen-bond acceptors (Lipinski definition) is 14. The minimum Gasteiger partial charge on any atom is -0.543 e. The molecule has 1 saturated heterocycles. The molecule has 2 aliphatic heterocycles. The Morgan fingerprint density at radius 3 is 2.47 bits per heavy atom. The zero-order valence-electron chi connectivity index (χ0n) is 24.7. The molecule has 4 heterocycles. The van der Waals surface area contributed by atoms with Crippen LogP contribution in [0.25, 0.3) is 0 Å². The molecule has 232 valence electrons. The van der Waals surface area contributed by atoms with Gasteiger partial charge in [-0.2, -0.15) is 9.36 Å². The average molecular weight is 636 g/mol. The van der Waals surface area contributed by atoms with Crippen LogP contribution in [-0.2, 0) is 42.3 Å². The molecule has 2 aromatic heterocycles. The number of rotatable bonds is 9. The number of carboxylic acids is 1. The van der Waals surface area contributed by atoms with Crippen molar-refractivity contribution in [2.45, 2.75) is 70.7 Å². The summed E-state index contributed by atoms with van der Waals surface area (Å²) in [5.41, 5.74) is 9.89. The number of aryl methyl sites for hydroxylation is 1. The number of aromatic nitrogens is 4. The monoisotopic (exact) mass is 635 g/mol. The number of carbonyl (C=O) groups excluding carboxylic acids is 4. The van der Waals surface area contributed by atoms with Gasteiger partial charge in [-0.05, 0) is 41.5 Å². The molecule has 0 bridgehead atoms. The Morgan fingerprint density at radius 2 is 1.93 bits per heavy atom. The molecule has 18 heteroatoms. The van der Waals surface area contributed by atoms with Crippen LogP contribution in [0.1, 0.15) is 46.0 Å². The van der Waals surface area contributed by atoms with Crippen molar-refractivity contribution in [1.82, 2.24) is 24.3 Å². The van der Waals surface area contributed by atoms with E-state index in [0.717, 1.165) is 22.0 Å². The number of oxime groups is 1. The fourth-order valence-corrected chi connectivity index (χ4v) is 6.00. The number of β-lactam (4-membered cyclic amide) rings is 1. The number of anilines is 2. The van der Waals surface area contributed by atoms with Crippen LogP contribution in [0.15, 0.2) is 22.6 Å². The first-order valence-electron chi connectivity index (χ1n) is 13.0.